The van der Waals surface area contributed by atoms with Gasteiger partial charge >= 0.3 is 0 Å². The average molecular weight is 424 g/mol. The minimum absolute atomic E-state index is 0.00664. The summed E-state index contributed by atoms with van der Waals surface area (Å²) >= 11 is 1.66. The molecule has 0 radical (unpaired) electrons. The lowest BCUT2D eigenvalue weighted by Crippen LogP contribution is -2.49. The zero-order valence-electron chi connectivity index (χ0n) is 16.9. The van der Waals surface area contributed by atoms with E-state index in [0.29, 0.717) is 26.1 Å². The van der Waals surface area contributed by atoms with Gasteiger partial charge in [-0.15, -0.1) is 11.3 Å². The minimum Gasteiger partial charge on any atom is -0.353 e. The van der Waals surface area contributed by atoms with Gasteiger partial charge in [0.25, 0.3) is 5.56 Å². The number of hydrogen-bond acceptors (Lipinski definition) is 6. The van der Waals surface area contributed by atoms with E-state index >= 15 is 0 Å². The molecule has 1 aliphatic carbocycles. The van der Waals surface area contributed by atoms with Crippen LogP contribution in [-0.4, -0.2) is 51.5 Å². The average Bonchev–Trinajstić information content (AvgIpc) is 3.18. The van der Waals surface area contributed by atoms with Crippen molar-refractivity contribution >= 4 is 33.3 Å². The molecule has 8 heteroatoms. The Morgan fingerprint density at radius 1 is 1.07 bits per heavy atom. The fourth-order valence-corrected chi connectivity index (χ4v) is 5.66. The lowest BCUT2D eigenvalue weighted by Gasteiger charge is -2.35. The lowest BCUT2D eigenvalue weighted by molar-refractivity contribution is -0.131. The van der Waals surface area contributed by atoms with Gasteiger partial charge in [0.2, 0.25) is 5.91 Å². The first-order chi connectivity index (χ1) is 14.7. The van der Waals surface area contributed by atoms with Crippen molar-refractivity contribution in [3.05, 3.63) is 51.5 Å². The molecule has 3 aromatic rings. The van der Waals surface area contributed by atoms with Crippen molar-refractivity contribution in [2.24, 2.45) is 0 Å². The van der Waals surface area contributed by atoms with Crippen LogP contribution in [0, 0.1) is 0 Å². The zero-order chi connectivity index (χ0) is 20.5. The van der Waals surface area contributed by atoms with E-state index in [4.69, 9.17) is 0 Å². The second kappa shape index (κ2) is 8.18. The van der Waals surface area contributed by atoms with Crippen molar-refractivity contribution in [3.63, 3.8) is 0 Å². The fraction of sp³-hybridized carbons (Fsp3) is 0.455. The van der Waals surface area contributed by atoms with E-state index in [1.807, 2.05) is 23.1 Å². The van der Waals surface area contributed by atoms with Crippen LogP contribution in [0.4, 0.5) is 5.82 Å². The Morgan fingerprint density at radius 2 is 1.90 bits per heavy atom. The fourth-order valence-electron chi connectivity index (χ4n) is 4.44. The van der Waals surface area contributed by atoms with Crippen LogP contribution in [0.15, 0.2) is 35.5 Å². The van der Waals surface area contributed by atoms with Crippen LogP contribution in [0.5, 0.6) is 0 Å². The van der Waals surface area contributed by atoms with Crippen molar-refractivity contribution in [3.8, 4) is 0 Å². The summed E-state index contributed by atoms with van der Waals surface area (Å²) in [5.41, 5.74) is 1.21. The zero-order valence-corrected chi connectivity index (χ0v) is 17.7. The number of nitrogens with zero attached hydrogens (tertiary/aromatic N) is 5. The maximum Gasteiger partial charge on any atom is 0.262 e. The third-order valence-corrected chi connectivity index (χ3v) is 7.31. The van der Waals surface area contributed by atoms with Gasteiger partial charge in [-0.2, -0.15) is 0 Å². The lowest BCUT2D eigenvalue weighted by atomic mass is 9.97. The molecule has 1 aliphatic heterocycles. The molecule has 0 spiro atoms. The van der Waals surface area contributed by atoms with Crippen molar-refractivity contribution in [2.45, 2.75) is 38.6 Å². The molecule has 0 bridgehead atoms. The van der Waals surface area contributed by atoms with Gasteiger partial charge in [-0.1, -0.05) is 6.07 Å². The number of aromatic nitrogens is 3. The Hall–Kier alpha value is -2.74. The number of rotatable bonds is 4. The predicted octanol–water partition coefficient (Wildman–Crippen LogP) is 2.47. The molecule has 3 aromatic heterocycles. The molecule has 0 atom stereocenters. The van der Waals surface area contributed by atoms with Crippen LogP contribution in [0.3, 0.4) is 0 Å². The third kappa shape index (κ3) is 3.60. The van der Waals surface area contributed by atoms with E-state index in [2.05, 4.69) is 14.9 Å². The van der Waals surface area contributed by atoms with Crippen molar-refractivity contribution in [2.75, 3.05) is 31.1 Å². The molecule has 1 saturated heterocycles. The van der Waals surface area contributed by atoms with E-state index < -0.39 is 0 Å². The maximum atomic E-state index is 13.0. The molecular formula is C22H25N5O2S. The Morgan fingerprint density at radius 3 is 2.70 bits per heavy atom. The van der Waals surface area contributed by atoms with E-state index in [1.165, 1.54) is 16.9 Å². The number of thiophene rings is 1. The smallest absolute Gasteiger partial charge is 0.262 e. The van der Waals surface area contributed by atoms with E-state index in [-0.39, 0.29) is 11.5 Å². The number of pyridine rings is 1. The van der Waals surface area contributed by atoms with Gasteiger partial charge in [-0.05, 0) is 43.4 Å². The van der Waals surface area contributed by atoms with Gasteiger partial charge in [0, 0.05) is 50.2 Å². The monoisotopic (exact) mass is 423 g/mol. The molecule has 30 heavy (non-hydrogen) atoms. The SMILES string of the molecule is O=C(CCn1cnc2sc3c(c2c1=O)CCCC3)N1CCN(c2ccccn2)CC1. The molecular weight excluding hydrogens is 398 g/mol. The number of aryl methyl sites for hydroxylation is 3. The number of carbonyl (C=O) groups excluding carboxylic acids is 1. The van der Waals surface area contributed by atoms with Crippen molar-refractivity contribution in [1.29, 1.82) is 0 Å². The van der Waals surface area contributed by atoms with Crippen LogP contribution >= 0.6 is 11.3 Å². The number of anilines is 1. The molecule has 5 rings (SSSR count). The largest absolute Gasteiger partial charge is 0.353 e. The highest BCUT2D eigenvalue weighted by atomic mass is 32.1. The summed E-state index contributed by atoms with van der Waals surface area (Å²) in [4.78, 5) is 40.9. The molecule has 7 nitrogen and oxygen atoms in total. The number of fused-ring (bicyclic) bond motifs is 3. The predicted molar refractivity (Wildman–Crippen MR) is 118 cm³/mol. The number of amides is 1. The first-order valence-corrected chi connectivity index (χ1v) is 11.5. The molecule has 4 heterocycles. The molecule has 1 fully saturated rings. The molecule has 0 saturated carbocycles. The Labute approximate surface area is 179 Å². The summed E-state index contributed by atoms with van der Waals surface area (Å²) in [6.07, 6.45) is 8.07. The number of piperazine rings is 1. The van der Waals surface area contributed by atoms with Gasteiger partial charge in [0.15, 0.2) is 0 Å². The normalized spacial score (nSPS) is 16.7. The minimum atomic E-state index is 0.00664. The first kappa shape index (κ1) is 19.2. The summed E-state index contributed by atoms with van der Waals surface area (Å²) < 4.78 is 1.62. The van der Waals surface area contributed by atoms with Gasteiger partial charge < -0.3 is 9.80 Å². The number of carbonyl (C=O) groups is 1. The van der Waals surface area contributed by atoms with Crippen molar-refractivity contribution in [1.82, 2.24) is 19.4 Å². The topological polar surface area (TPSA) is 71.3 Å². The summed E-state index contributed by atoms with van der Waals surface area (Å²) in [7, 11) is 0. The summed E-state index contributed by atoms with van der Waals surface area (Å²) in [5.74, 6) is 1.05. The molecule has 0 aromatic carbocycles. The van der Waals surface area contributed by atoms with Crippen LogP contribution in [0.1, 0.15) is 29.7 Å². The van der Waals surface area contributed by atoms with E-state index in [1.54, 1.807) is 28.4 Å². The molecule has 0 unspecified atom stereocenters. The van der Waals surface area contributed by atoms with E-state index in [9.17, 15) is 9.59 Å². The highest BCUT2D eigenvalue weighted by Gasteiger charge is 2.23. The second-order valence-corrected chi connectivity index (χ2v) is 9.02. The molecule has 2 aliphatic rings. The third-order valence-electron chi connectivity index (χ3n) is 6.11. The Balaban J connectivity index is 1.23. The van der Waals surface area contributed by atoms with Gasteiger partial charge in [-0.25, -0.2) is 9.97 Å². The standard InChI is InChI=1S/C22H25N5O2S/c28-19(26-13-11-25(12-14-26)18-7-3-4-9-23-18)8-10-27-15-24-21-20(22(27)29)16-5-1-2-6-17(16)30-21/h3-4,7,9,15H,1-2,5-6,8,10-14H2. The van der Waals surface area contributed by atoms with Crippen LogP contribution in [0.2, 0.25) is 0 Å². The van der Waals surface area contributed by atoms with E-state index in [0.717, 1.165) is 48.4 Å². The molecule has 156 valence electrons. The van der Waals surface area contributed by atoms with Crippen LogP contribution in [0.25, 0.3) is 10.2 Å². The highest BCUT2D eigenvalue weighted by molar-refractivity contribution is 7.18. The van der Waals surface area contributed by atoms with Crippen LogP contribution in [-0.2, 0) is 24.2 Å². The van der Waals surface area contributed by atoms with Crippen LogP contribution < -0.4 is 10.5 Å². The molecule has 1 amide bonds. The summed E-state index contributed by atoms with van der Waals surface area (Å²) in [5, 5.41) is 0.786. The Kier molecular flexibility index (Phi) is 5.25. The first-order valence-electron chi connectivity index (χ1n) is 10.6. The maximum absolute atomic E-state index is 13.0. The summed E-state index contributed by atoms with van der Waals surface area (Å²) in [6.45, 7) is 3.29. The second-order valence-electron chi connectivity index (χ2n) is 7.94. The van der Waals surface area contributed by atoms with Gasteiger partial charge in [-0.3, -0.25) is 14.2 Å². The number of hydrogen-bond donors (Lipinski definition) is 0. The van der Waals surface area contributed by atoms with Gasteiger partial charge in [0.1, 0.15) is 10.6 Å². The van der Waals surface area contributed by atoms with Gasteiger partial charge in [0.05, 0.1) is 11.7 Å². The Bertz CT molecular complexity index is 1120. The van der Waals surface area contributed by atoms with Crippen molar-refractivity contribution < 1.29 is 4.79 Å². The highest BCUT2D eigenvalue weighted by Crippen LogP contribution is 2.33. The molecule has 0 N–H and O–H groups in total. The summed E-state index contributed by atoms with van der Waals surface area (Å²) in [6, 6.07) is 5.88. The quantitative estimate of drug-likeness (QED) is 0.645.